The Morgan fingerprint density at radius 2 is 1.61 bits per heavy atom. The first-order valence-corrected chi connectivity index (χ1v) is 15.2. The van der Waals surface area contributed by atoms with Gasteiger partial charge in [-0.15, -0.1) is 0 Å². The summed E-state index contributed by atoms with van der Waals surface area (Å²) < 4.78 is 59.8. The zero-order valence-electron chi connectivity index (χ0n) is 20.0. The van der Waals surface area contributed by atoms with E-state index in [4.69, 9.17) is 16.3 Å². The van der Waals surface area contributed by atoms with Crippen LogP contribution in [0.5, 0.6) is 5.75 Å². The van der Waals surface area contributed by atoms with Crippen molar-refractivity contribution in [1.82, 2.24) is 8.61 Å². The van der Waals surface area contributed by atoms with Crippen molar-refractivity contribution in [2.24, 2.45) is 5.92 Å². The number of benzene rings is 2. The first kappa shape index (κ1) is 26.9. The fourth-order valence-corrected chi connectivity index (χ4v) is 7.77. The molecule has 2 heterocycles. The summed E-state index contributed by atoms with van der Waals surface area (Å²) in [4.78, 5) is 13.1. The third-order valence-corrected chi connectivity index (χ3v) is 10.6. The number of rotatable bonds is 8. The van der Waals surface area contributed by atoms with Crippen LogP contribution in [0.3, 0.4) is 0 Å². The number of nitrogens with one attached hydrogen (secondary N) is 1. The van der Waals surface area contributed by atoms with E-state index in [0.29, 0.717) is 42.3 Å². The van der Waals surface area contributed by atoms with Crippen molar-refractivity contribution in [3.05, 3.63) is 53.1 Å². The van der Waals surface area contributed by atoms with Crippen molar-refractivity contribution in [1.29, 1.82) is 0 Å². The molecule has 0 radical (unpaired) electrons. The molecule has 0 bridgehead atoms. The van der Waals surface area contributed by atoms with Gasteiger partial charge in [0.1, 0.15) is 5.75 Å². The van der Waals surface area contributed by atoms with Crippen molar-refractivity contribution in [3.8, 4) is 5.75 Å². The molecule has 0 aromatic heterocycles. The Morgan fingerprint density at radius 1 is 0.972 bits per heavy atom. The van der Waals surface area contributed by atoms with Crippen LogP contribution in [0, 0.1) is 5.92 Å². The van der Waals surface area contributed by atoms with Crippen molar-refractivity contribution in [3.63, 3.8) is 0 Å². The highest BCUT2D eigenvalue weighted by Gasteiger charge is 2.32. The molecule has 0 unspecified atom stereocenters. The number of ether oxygens (including phenoxy) is 1. The molecule has 1 amide bonds. The average Bonchev–Trinajstić information content (AvgIpc) is 3.41. The van der Waals surface area contributed by atoms with Gasteiger partial charge in [-0.25, -0.2) is 21.1 Å². The summed E-state index contributed by atoms with van der Waals surface area (Å²) in [6, 6.07) is 11.1. The zero-order chi connectivity index (χ0) is 25.9. The van der Waals surface area contributed by atoms with E-state index in [2.05, 4.69) is 5.32 Å². The topological polar surface area (TPSA) is 113 Å². The Balaban J connectivity index is 1.40. The number of hydrogen-bond donors (Lipinski definition) is 1. The van der Waals surface area contributed by atoms with Gasteiger partial charge in [-0.1, -0.05) is 23.7 Å². The Kier molecular flexibility index (Phi) is 8.25. The van der Waals surface area contributed by atoms with Gasteiger partial charge in [-0.2, -0.15) is 4.31 Å². The minimum absolute atomic E-state index is 0.101. The number of sulfonamides is 2. The van der Waals surface area contributed by atoms with Gasteiger partial charge < -0.3 is 10.1 Å². The summed E-state index contributed by atoms with van der Waals surface area (Å²) in [5.74, 6) is -0.475. The molecule has 9 nitrogen and oxygen atoms in total. The Labute approximate surface area is 217 Å². The minimum Gasteiger partial charge on any atom is -0.495 e. The van der Waals surface area contributed by atoms with Crippen LogP contribution in [0.1, 0.15) is 31.2 Å². The molecule has 2 saturated heterocycles. The molecular weight excluding hydrogens is 526 g/mol. The lowest BCUT2D eigenvalue weighted by molar-refractivity contribution is -0.120. The highest BCUT2D eigenvalue weighted by atomic mass is 35.5. The van der Waals surface area contributed by atoms with Gasteiger partial charge in [0.2, 0.25) is 26.0 Å². The summed E-state index contributed by atoms with van der Waals surface area (Å²) >= 11 is 5.88. The van der Waals surface area contributed by atoms with Crippen molar-refractivity contribution in [2.45, 2.75) is 36.3 Å². The summed E-state index contributed by atoms with van der Waals surface area (Å²) in [7, 11) is -5.74. The number of hydrogen-bond acceptors (Lipinski definition) is 6. The fourth-order valence-electron chi connectivity index (χ4n) is 4.54. The Bertz CT molecular complexity index is 1300. The lowest BCUT2D eigenvalue weighted by Crippen LogP contribution is -2.41. The van der Waals surface area contributed by atoms with E-state index in [0.717, 1.165) is 12.8 Å². The number of carbonyl (C=O) groups is 1. The second-order valence-electron chi connectivity index (χ2n) is 9.02. The van der Waals surface area contributed by atoms with Crippen LogP contribution < -0.4 is 10.1 Å². The smallest absolute Gasteiger partial charge is 0.243 e. The normalized spacial score (nSPS) is 18.3. The Hall–Kier alpha value is -2.18. The predicted molar refractivity (Wildman–Crippen MR) is 138 cm³/mol. The molecule has 2 aromatic carbocycles. The first-order valence-electron chi connectivity index (χ1n) is 11.8. The molecule has 2 aliphatic rings. The van der Waals surface area contributed by atoms with Crippen LogP contribution in [0.4, 0.5) is 5.69 Å². The van der Waals surface area contributed by atoms with Crippen LogP contribution in [-0.2, 0) is 30.6 Å². The maximum Gasteiger partial charge on any atom is 0.243 e. The molecule has 2 aromatic rings. The Morgan fingerprint density at radius 3 is 2.22 bits per heavy atom. The van der Waals surface area contributed by atoms with E-state index in [1.807, 2.05) is 0 Å². The lowest BCUT2D eigenvalue weighted by atomic mass is 9.97. The maximum absolute atomic E-state index is 13.0. The summed E-state index contributed by atoms with van der Waals surface area (Å²) in [6.45, 7) is 1.42. The molecule has 0 spiro atoms. The number of methoxy groups -OCH3 is 1. The number of amides is 1. The van der Waals surface area contributed by atoms with Gasteiger partial charge in [0.05, 0.1) is 23.4 Å². The third-order valence-electron chi connectivity index (χ3n) is 6.61. The van der Waals surface area contributed by atoms with Gasteiger partial charge in [0.25, 0.3) is 0 Å². The molecule has 196 valence electrons. The molecule has 0 aliphatic carbocycles. The number of halogens is 1. The predicted octanol–water partition coefficient (Wildman–Crippen LogP) is 3.31. The average molecular weight is 556 g/mol. The van der Waals surface area contributed by atoms with Crippen molar-refractivity contribution in [2.75, 3.05) is 38.6 Å². The quantitative estimate of drug-likeness (QED) is 0.534. The van der Waals surface area contributed by atoms with Crippen molar-refractivity contribution < 1.29 is 26.4 Å². The standard InChI is InChI=1S/C24H30ClN3O6S2/c1-34-23-9-8-21(36(32,33)28-12-2-3-13-28)16-22(23)26-24(29)19-10-14-27(15-11-19)35(30,31)17-18-4-6-20(25)7-5-18/h4-9,16,19H,2-3,10-15,17H2,1H3,(H,26,29). The van der Waals surface area contributed by atoms with E-state index in [1.165, 1.54) is 33.9 Å². The molecular formula is C24H30ClN3O6S2. The zero-order valence-corrected chi connectivity index (χ0v) is 22.4. The van der Waals surface area contributed by atoms with Crippen LogP contribution in [0.25, 0.3) is 0 Å². The van der Waals surface area contributed by atoms with E-state index >= 15 is 0 Å². The fraction of sp³-hybridized carbons (Fsp3) is 0.458. The minimum atomic E-state index is -3.65. The number of anilines is 1. The SMILES string of the molecule is COc1ccc(S(=O)(=O)N2CCCC2)cc1NC(=O)C1CCN(S(=O)(=O)Cc2ccc(Cl)cc2)CC1. The first-order chi connectivity index (χ1) is 17.1. The van der Waals surface area contributed by atoms with E-state index in [9.17, 15) is 21.6 Å². The van der Waals surface area contributed by atoms with Crippen LogP contribution in [0.15, 0.2) is 47.4 Å². The van der Waals surface area contributed by atoms with Crippen LogP contribution >= 0.6 is 11.6 Å². The van der Waals surface area contributed by atoms with Crippen molar-refractivity contribution >= 4 is 43.2 Å². The highest BCUT2D eigenvalue weighted by Crippen LogP contribution is 2.31. The van der Waals surface area contributed by atoms with Crippen LogP contribution in [-0.4, -0.2) is 64.6 Å². The van der Waals surface area contributed by atoms with E-state index < -0.39 is 26.0 Å². The van der Waals surface area contributed by atoms with Gasteiger partial charge in [-0.3, -0.25) is 4.79 Å². The van der Waals surface area contributed by atoms with Gasteiger partial charge in [-0.05, 0) is 61.6 Å². The third kappa shape index (κ3) is 6.03. The molecule has 4 rings (SSSR count). The molecule has 0 saturated carbocycles. The summed E-state index contributed by atoms with van der Waals surface area (Å²) in [5, 5.41) is 3.35. The molecule has 2 fully saturated rings. The monoisotopic (exact) mass is 555 g/mol. The largest absolute Gasteiger partial charge is 0.495 e. The molecule has 1 N–H and O–H groups in total. The number of nitrogens with zero attached hydrogens (tertiary/aromatic N) is 2. The molecule has 36 heavy (non-hydrogen) atoms. The van der Waals surface area contributed by atoms with Gasteiger partial charge in [0, 0.05) is 37.1 Å². The number of carbonyl (C=O) groups excluding carboxylic acids is 1. The highest BCUT2D eigenvalue weighted by molar-refractivity contribution is 7.89. The second kappa shape index (κ2) is 11.1. The van der Waals surface area contributed by atoms with Crippen LogP contribution in [0.2, 0.25) is 5.02 Å². The maximum atomic E-state index is 13.0. The van der Waals surface area contributed by atoms with E-state index in [1.54, 1.807) is 24.3 Å². The molecule has 12 heteroatoms. The molecule has 2 aliphatic heterocycles. The summed E-state index contributed by atoms with van der Waals surface area (Å²) in [5.41, 5.74) is 0.927. The summed E-state index contributed by atoms with van der Waals surface area (Å²) in [6.07, 6.45) is 2.37. The molecule has 0 atom stereocenters. The second-order valence-corrected chi connectivity index (χ2v) is 13.4. The lowest BCUT2D eigenvalue weighted by Gasteiger charge is -2.30. The number of piperidine rings is 1. The van der Waals surface area contributed by atoms with Gasteiger partial charge in [0.15, 0.2) is 0 Å². The van der Waals surface area contributed by atoms with Gasteiger partial charge >= 0.3 is 0 Å². The van der Waals surface area contributed by atoms with E-state index in [-0.39, 0.29) is 35.3 Å².